The highest BCUT2D eigenvalue weighted by molar-refractivity contribution is 6.27. The van der Waals surface area contributed by atoms with Crippen molar-refractivity contribution in [3.05, 3.63) is 58.7 Å². The van der Waals surface area contributed by atoms with E-state index in [1.165, 1.54) is 44.9 Å². The van der Waals surface area contributed by atoms with Gasteiger partial charge in [0.05, 0.1) is 0 Å². The summed E-state index contributed by atoms with van der Waals surface area (Å²) in [7, 11) is 0. The largest absolute Gasteiger partial charge is 0.289 e. The number of fused-ring (bicyclic) bond motifs is 1. The van der Waals surface area contributed by atoms with E-state index < -0.39 is 0 Å². The molecule has 0 fully saturated rings. The molecule has 2 aliphatic carbocycles. The molecule has 0 bridgehead atoms. The number of ketones is 2. The van der Waals surface area contributed by atoms with Crippen LogP contribution in [-0.4, -0.2) is 11.6 Å². The van der Waals surface area contributed by atoms with E-state index in [0.29, 0.717) is 23.5 Å². The van der Waals surface area contributed by atoms with Crippen molar-refractivity contribution < 1.29 is 9.59 Å². The van der Waals surface area contributed by atoms with Gasteiger partial charge < -0.3 is 0 Å². The number of allylic oxidation sites excluding steroid dienone is 4. The predicted octanol–water partition coefficient (Wildman–Crippen LogP) is 8.77. The second-order valence-electron chi connectivity index (χ2n) is 11.4. The van der Waals surface area contributed by atoms with E-state index in [1.54, 1.807) is 6.07 Å². The van der Waals surface area contributed by atoms with Crippen molar-refractivity contribution in [2.45, 2.75) is 98.8 Å². The van der Waals surface area contributed by atoms with Crippen LogP contribution in [0.3, 0.4) is 0 Å². The molecule has 180 valence electrons. The number of carbonyl (C=O) groups excluding carboxylic acids is 2. The zero-order valence-electron chi connectivity index (χ0n) is 21.6. The van der Waals surface area contributed by atoms with Crippen molar-refractivity contribution in [1.82, 2.24) is 0 Å². The number of hydrogen-bond acceptors (Lipinski definition) is 2. The Hall–Kier alpha value is -1.96. The van der Waals surface area contributed by atoms with E-state index in [4.69, 9.17) is 0 Å². The first kappa shape index (κ1) is 25.7. The first-order valence-electron chi connectivity index (χ1n) is 13.3. The van der Waals surface area contributed by atoms with Gasteiger partial charge in [-0.05, 0) is 30.6 Å². The Labute approximate surface area is 201 Å². The van der Waals surface area contributed by atoms with Crippen molar-refractivity contribution in [2.24, 2.45) is 23.2 Å². The molecule has 0 saturated carbocycles. The van der Waals surface area contributed by atoms with Crippen LogP contribution in [-0.2, 0) is 0 Å². The van der Waals surface area contributed by atoms with Crippen molar-refractivity contribution in [3.8, 4) is 0 Å². The van der Waals surface area contributed by atoms with Crippen LogP contribution >= 0.6 is 0 Å². The summed E-state index contributed by atoms with van der Waals surface area (Å²) in [5, 5.41) is 0. The van der Waals surface area contributed by atoms with Gasteiger partial charge in [0.2, 0.25) is 0 Å². The molecule has 33 heavy (non-hydrogen) atoms. The van der Waals surface area contributed by atoms with Crippen LogP contribution in [0.4, 0.5) is 0 Å². The summed E-state index contributed by atoms with van der Waals surface area (Å²) in [6.45, 7) is 11.6. The van der Waals surface area contributed by atoms with Crippen LogP contribution in [0.2, 0.25) is 0 Å². The van der Waals surface area contributed by atoms with Crippen molar-refractivity contribution >= 4 is 11.6 Å². The highest BCUT2D eigenvalue weighted by Crippen LogP contribution is 2.45. The zero-order chi connectivity index (χ0) is 24.0. The summed E-state index contributed by atoms with van der Waals surface area (Å²) in [6, 6.07) is 7.31. The summed E-state index contributed by atoms with van der Waals surface area (Å²) in [6.07, 6.45) is 16.1. The van der Waals surface area contributed by atoms with Gasteiger partial charge >= 0.3 is 0 Å². The lowest BCUT2D eigenvalue weighted by molar-refractivity contribution is 0.0953. The molecular formula is C31H44O2. The van der Waals surface area contributed by atoms with Gasteiger partial charge in [-0.25, -0.2) is 0 Å². The minimum atomic E-state index is -0.335. The zero-order valence-corrected chi connectivity index (χ0v) is 21.6. The van der Waals surface area contributed by atoms with Crippen molar-refractivity contribution in [2.75, 3.05) is 0 Å². The van der Waals surface area contributed by atoms with Gasteiger partial charge in [-0.15, -0.1) is 0 Å². The molecule has 0 N–H and O–H groups in total. The molecule has 1 aromatic rings. The molecule has 0 spiro atoms. The minimum absolute atomic E-state index is 0.0478. The molecule has 3 rings (SSSR count). The lowest BCUT2D eigenvalue weighted by Gasteiger charge is -2.36. The van der Waals surface area contributed by atoms with Gasteiger partial charge in [-0.2, -0.15) is 0 Å². The quantitative estimate of drug-likeness (QED) is 0.299. The van der Waals surface area contributed by atoms with E-state index in [-0.39, 0.29) is 17.0 Å². The fraction of sp³-hybridized carbons (Fsp3) is 0.613. The van der Waals surface area contributed by atoms with E-state index in [2.05, 4.69) is 46.8 Å². The molecule has 0 saturated heterocycles. The van der Waals surface area contributed by atoms with Crippen LogP contribution < -0.4 is 0 Å². The Balaban J connectivity index is 1.50. The molecule has 2 heteroatoms. The minimum Gasteiger partial charge on any atom is -0.289 e. The summed E-state index contributed by atoms with van der Waals surface area (Å²) in [4.78, 5) is 26.5. The van der Waals surface area contributed by atoms with Gasteiger partial charge in [-0.1, -0.05) is 122 Å². The van der Waals surface area contributed by atoms with E-state index in [0.717, 1.165) is 35.8 Å². The standard InChI is InChI=1S/C31H44O2/c1-22(2)12-8-13-23(3)14-9-15-24(4)16-10-20-31(5)21-11-19-27-28(31)30(33)26-18-7-6-17-25(26)29(27)32/h6-7,11,17-18,21-24H,8-10,12-16,19-20H2,1-5H3. The molecule has 0 radical (unpaired) electrons. The first-order chi connectivity index (χ1) is 15.7. The molecule has 2 aliphatic rings. The van der Waals surface area contributed by atoms with Gasteiger partial charge in [-0.3, -0.25) is 9.59 Å². The highest BCUT2D eigenvalue weighted by atomic mass is 16.1. The maximum absolute atomic E-state index is 13.4. The smallest absolute Gasteiger partial charge is 0.191 e. The maximum atomic E-state index is 13.4. The van der Waals surface area contributed by atoms with Gasteiger partial charge in [0.25, 0.3) is 0 Å². The fourth-order valence-corrected chi connectivity index (χ4v) is 5.75. The van der Waals surface area contributed by atoms with E-state index in [9.17, 15) is 9.59 Å². The van der Waals surface area contributed by atoms with E-state index in [1.807, 2.05) is 18.2 Å². The number of carbonyl (C=O) groups is 2. The number of benzene rings is 1. The Kier molecular flexibility index (Phi) is 8.90. The second kappa shape index (κ2) is 11.4. The molecular weight excluding hydrogens is 404 g/mol. The van der Waals surface area contributed by atoms with Gasteiger partial charge in [0.15, 0.2) is 11.6 Å². The van der Waals surface area contributed by atoms with Gasteiger partial charge in [0, 0.05) is 27.7 Å². The Morgan fingerprint density at radius 1 is 0.788 bits per heavy atom. The molecule has 0 aromatic heterocycles. The molecule has 0 heterocycles. The lowest BCUT2D eigenvalue weighted by Crippen LogP contribution is -2.33. The molecule has 3 atom stereocenters. The van der Waals surface area contributed by atoms with Crippen LogP contribution in [0, 0.1) is 23.2 Å². The maximum Gasteiger partial charge on any atom is 0.191 e. The third-order valence-electron chi connectivity index (χ3n) is 7.86. The van der Waals surface area contributed by atoms with E-state index >= 15 is 0 Å². The predicted molar refractivity (Wildman–Crippen MR) is 139 cm³/mol. The Bertz CT molecular complexity index is 903. The lowest BCUT2D eigenvalue weighted by atomic mass is 9.66. The highest BCUT2D eigenvalue weighted by Gasteiger charge is 2.41. The number of hydrogen-bond donors (Lipinski definition) is 0. The number of rotatable bonds is 12. The first-order valence-corrected chi connectivity index (χ1v) is 13.3. The SMILES string of the molecule is CC(C)CCCC(C)CCCC(C)CCCC1(C)C=CCC2=C1C(=O)c1ccccc1C2=O. The normalized spacial score (nSPS) is 21.9. The van der Waals surface area contributed by atoms with Crippen LogP contribution in [0.5, 0.6) is 0 Å². The van der Waals surface area contributed by atoms with Crippen molar-refractivity contribution in [3.63, 3.8) is 0 Å². The summed E-state index contributed by atoms with van der Waals surface area (Å²) < 4.78 is 0. The summed E-state index contributed by atoms with van der Waals surface area (Å²) in [5.41, 5.74) is 2.31. The molecule has 3 unspecified atom stereocenters. The number of Topliss-reactive ketones (excluding diaryl/α,β-unsaturated/α-hetero) is 2. The van der Waals surface area contributed by atoms with Crippen molar-refractivity contribution in [1.29, 1.82) is 0 Å². The third kappa shape index (κ3) is 6.34. The Morgan fingerprint density at radius 2 is 1.33 bits per heavy atom. The van der Waals surface area contributed by atoms with Crippen LogP contribution in [0.25, 0.3) is 0 Å². The molecule has 1 aromatic carbocycles. The fourth-order valence-electron chi connectivity index (χ4n) is 5.75. The molecule has 0 amide bonds. The average molecular weight is 449 g/mol. The average Bonchev–Trinajstić information content (AvgIpc) is 2.77. The van der Waals surface area contributed by atoms with Crippen LogP contribution in [0.1, 0.15) is 120 Å². The third-order valence-corrected chi connectivity index (χ3v) is 7.86. The summed E-state index contributed by atoms with van der Waals surface area (Å²) in [5.74, 6) is 2.48. The monoisotopic (exact) mass is 448 g/mol. The molecule has 0 aliphatic heterocycles. The summed E-state index contributed by atoms with van der Waals surface area (Å²) >= 11 is 0. The topological polar surface area (TPSA) is 34.1 Å². The van der Waals surface area contributed by atoms with Gasteiger partial charge in [0.1, 0.15) is 0 Å². The molecule has 2 nitrogen and oxygen atoms in total. The van der Waals surface area contributed by atoms with Crippen LogP contribution in [0.15, 0.2) is 47.6 Å². The Morgan fingerprint density at radius 3 is 1.94 bits per heavy atom. The second-order valence-corrected chi connectivity index (χ2v) is 11.4.